The Balaban J connectivity index is 1.21. The van der Waals surface area contributed by atoms with Crippen molar-refractivity contribution in [1.29, 1.82) is 0 Å². The molecular weight excluding hydrogens is 452 g/mol. The molecule has 3 heterocycles. The zero-order valence-corrected chi connectivity index (χ0v) is 20.6. The van der Waals surface area contributed by atoms with E-state index < -0.39 is 0 Å². The molecule has 1 aliphatic heterocycles. The molecule has 1 N–H and O–H groups in total. The minimum absolute atomic E-state index is 0.203. The highest BCUT2D eigenvalue weighted by atomic mass is 32.1. The van der Waals surface area contributed by atoms with Crippen LogP contribution < -0.4 is 15.0 Å². The quantitative estimate of drug-likeness (QED) is 0.492. The van der Waals surface area contributed by atoms with E-state index in [4.69, 9.17) is 9.47 Å². The lowest BCUT2D eigenvalue weighted by atomic mass is 9.97. The number of nitrogens with one attached hydrogen (secondary N) is 1. The largest absolute Gasteiger partial charge is 0.497 e. The number of carbonyl (C=O) groups excluding carboxylic acids is 2. The number of amides is 1. The second-order valence-electron chi connectivity index (χ2n) is 8.48. The number of carbonyl (C=O) groups is 2. The summed E-state index contributed by atoms with van der Waals surface area (Å²) in [6.07, 6.45) is 3.65. The highest BCUT2D eigenvalue weighted by Crippen LogP contribution is 2.35. The molecular formula is C25H30N4O4S. The van der Waals surface area contributed by atoms with Gasteiger partial charge >= 0.3 is 5.97 Å². The number of aryl methyl sites for hydroxylation is 2. The predicted molar refractivity (Wildman–Crippen MR) is 132 cm³/mol. The van der Waals surface area contributed by atoms with Gasteiger partial charge in [-0.15, -0.1) is 11.3 Å². The number of thiophene rings is 1. The van der Waals surface area contributed by atoms with Crippen LogP contribution in [0.3, 0.4) is 0 Å². The van der Waals surface area contributed by atoms with E-state index in [0.717, 1.165) is 27.3 Å². The Morgan fingerprint density at radius 2 is 1.88 bits per heavy atom. The van der Waals surface area contributed by atoms with Crippen LogP contribution in [0.2, 0.25) is 0 Å². The molecule has 0 atom stereocenters. The van der Waals surface area contributed by atoms with Crippen molar-refractivity contribution in [2.45, 2.75) is 33.1 Å². The Bertz CT molecular complexity index is 1150. The number of nitrogens with zero attached hydrogens (tertiary/aromatic N) is 3. The molecule has 4 rings (SSSR count). The fraction of sp³-hybridized carbons (Fsp3) is 0.440. The van der Waals surface area contributed by atoms with Crippen LogP contribution in [0.25, 0.3) is 10.2 Å². The fourth-order valence-electron chi connectivity index (χ4n) is 4.17. The Hall–Kier alpha value is -3.20. The van der Waals surface area contributed by atoms with Gasteiger partial charge in [0, 0.05) is 24.5 Å². The van der Waals surface area contributed by atoms with E-state index >= 15 is 0 Å². The number of hydrogen-bond donors (Lipinski definition) is 1. The Labute approximate surface area is 203 Å². The van der Waals surface area contributed by atoms with Crippen LogP contribution in [0.4, 0.5) is 5.82 Å². The second-order valence-corrected chi connectivity index (χ2v) is 9.68. The molecule has 0 aliphatic carbocycles. The first-order chi connectivity index (χ1) is 16.5. The molecule has 1 aliphatic rings. The zero-order valence-electron chi connectivity index (χ0n) is 19.8. The third kappa shape index (κ3) is 5.47. The van der Waals surface area contributed by atoms with Crippen LogP contribution in [-0.2, 0) is 20.7 Å². The van der Waals surface area contributed by atoms with Crippen molar-refractivity contribution in [3.8, 4) is 5.75 Å². The molecule has 0 bridgehead atoms. The Morgan fingerprint density at radius 1 is 1.15 bits per heavy atom. The van der Waals surface area contributed by atoms with Crippen molar-refractivity contribution < 1.29 is 19.1 Å². The molecule has 9 heteroatoms. The van der Waals surface area contributed by atoms with Crippen molar-refractivity contribution in [3.63, 3.8) is 0 Å². The standard InChI is InChI=1S/C25H30N4O4S/c1-16-17(2)34-24-22(16)23(27-15-28-24)29-12-9-19(10-13-29)25(31)33-14-21(30)26-11-8-18-4-6-20(32-3)7-5-18/h4-7,15,19H,8-14H2,1-3H3,(H,26,30). The van der Waals surface area contributed by atoms with Gasteiger partial charge in [0.15, 0.2) is 6.61 Å². The maximum atomic E-state index is 12.5. The summed E-state index contributed by atoms with van der Waals surface area (Å²) in [6.45, 7) is 5.87. The van der Waals surface area contributed by atoms with Crippen molar-refractivity contribution in [2.24, 2.45) is 5.92 Å². The summed E-state index contributed by atoms with van der Waals surface area (Å²) in [6, 6.07) is 7.70. The van der Waals surface area contributed by atoms with Crippen LogP contribution in [0.5, 0.6) is 5.75 Å². The molecule has 3 aromatic rings. The van der Waals surface area contributed by atoms with Crippen LogP contribution in [0.15, 0.2) is 30.6 Å². The van der Waals surface area contributed by atoms with E-state index in [2.05, 4.69) is 34.0 Å². The highest BCUT2D eigenvalue weighted by molar-refractivity contribution is 7.18. The molecule has 0 unspecified atom stereocenters. The van der Waals surface area contributed by atoms with Gasteiger partial charge in [0.05, 0.1) is 18.4 Å². The number of methoxy groups -OCH3 is 1. The summed E-state index contributed by atoms with van der Waals surface area (Å²) >= 11 is 1.68. The van der Waals surface area contributed by atoms with Crippen molar-refractivity contribution in [1.82, 2.24) is 15.3 Å². The van der Waals surface area contributed by atoms with Gasteiger partial charge in [-0.3, -0.25) is 9.59 Å². The van der Waals surface area contributed by atoms with Crippen molar-refractivity contribution in [2.75, 3.05) is 38.3 Å². The van der Waals surface area contributed by atoms with Crippen LogP contribution in [-0.4, -0.2) is 55.2 Å². The Morgan fingerprint density at radius 3 is 2.59 bits per heavy atom. The molecule has 2 aromatic heterocycles. The lowest BCUT2D eigenvalue weighted by Gasteiger charge is -2.32. The van der Waals surface area contributed by atoms with E-state index in [1.807, 2.05) is 24.3 Å². The highest BCUT2D eigenvalue weighted by Gasteiger charge is 2.28. The van der Waals surface area contributed by atoms with Gasteiger partial charge in [0.25, 0.3) is 5.91 Å². The van der Waals surface area contributed by atoms with Crippen molar-refractivity contribution in [3.05, 3.63) is 46.6 Å². The number of rotatable bonds is 8. The first-order valence-corrected chi connectivity index (χ1v) is 12.3. The van der Waals surface area contributed by atoms with E-state index in [1.165, 1.54) is 10.4 Å². The summed E-state index contributed by atoms with van der Waals surface area (Å²) < 4.78 is 10.4. The molecule has 1 amide bonds. The lowest BCUT2D eigenvalue weighted by molar-refractivity contribution is -0.153. The summed E-state index contributed by atoms with van der Waals surface area (Å²) in [5, 5.41) is 3.91. The average molecular weight is 483 g/mol. The van der Waals surface area contributed by atoms with Crippen molar-refractivity contribution >= 4 is 39.2 Å². The summed E-state index contributed by atoms with van der Waals surface area (Å²) in [5.74, 6) is 0.944. The van der Waals surface area contributed by atoms with Gasteiger partial charge in [0.2, 0.25) is 0 Å². The number of anilines is 1. The van der Waals surface area contributed by atoms with Gasteiger partial charge < -0.3 is 19.7 Å². The third-order valence-electron chi connectivity index (χ3n) is 6.31. The van der Waals surface area contributed by atoms with Crippen LogP contribution in [0, 0.1) is 19.8 Å². The van der Waals surface area contributed by atoms with Crippen LogP contribution in [0.1, 0.15) is 28.8 Å². The monoisotopic (exact) mass is 482 g/mol. The smallest absolute Gasteiger partial charge is 0.309 e. The molecule has 34 heavy (non-hydrogen) atoms. The Kier molecular flexibility index (Phi) is 7.62. The maximum Gasteiger partial charge on any atom is 0.309 e. The number of esters is 1. The van der Waals surface area contributed by atoms with Gasteiger partial charge in [-0.25, -0.2) is 9.97 Å². The van der Waals surface area contributed by atoms with Crippen LogP contribution >= 0.6 is 11.3 Å². The number of hydrogen-bond acceptors (Lipinski definition) is 8. The molecule has 8 nitrogen and oxygen atoms in total. The van der Waals surface area contributed by atoms with E-state index in [9.17, 15) is 9.59 Å². The summed E-state index contributed by atoms with van der Waals surface area (Å²) in [7, 11) is 1.63. The number of fused-ring (bicyclic) bond motifs is 1. The minimum atomic E-state index is -0.305. The van der Waals surface area contributed by atoms with E-state index in [1.54, 1.807) is 24.8 Å². The van der Waals surface area contributed by atoms with Gasteiger partial charge in [-0.2, -0.15) is 0 Å². The minimum Gasteiger partial charge on any atom is -0.497 e. The zero-order chi connectivity index (χ0) is 24.1. The first kappa shape index (κ1) is 23.9. The molecule has 0 spiro atoms. The molecule has 0 saturated carbocycles. The topological polar surface area (TPSA) is 93.6 Å². The number of benzene rings is 1. The fourth-order valence-corrected chi connectivity index (χ4v) is 5.17. The van der Waals surface area contributed by atoms with E-state index in [0.29, 0.717) is 38.9 Å². The van der Waals surface area contributed by atoms with Gasteiger partial charge in [0.1, 0.15) is 22.7 Å². The SMILES string of the molecule is COc1ccc(CCNC(=O)COC(=O)C2CCN(c3ncnc4sc(C)c(C)c34)CC2)cc1. The maximum absolute atomic E-state index is 12.5. The average Bonchev–Trinajstić information content (AvgIpc) is 3.16. The predicted octanol–water partition coefficient (Wildman–Crippen LogP) is 3.44. The summed E-state index contributed by atoms with van der Waals surface area (Å²) in [4.78, 5) is 38.0. The second kappa shape index (κ2) is 10.8. The first-order valence-electron chi connectivity index (χ1n) is 11.5. The normalized spacial score (nSPS) is 14.3. The van der Waals surface area contributed by atoms with Gasteiger partial charge in [-0.1, -0.05) is 12.1 Å². The number of piperidine rings is 1. The molecule has 1 saturated heterocycles. The molecule has 180 valence electrons. The summed E-state index contributed by atoms with van der Waals surface area (Å²) in [5.41, 5.74) is 2.31. The number of ether oxygens (including phenoxy) is 2. The van der Waals surface area contributed by atoms with E-state index in [-0.39, 0.29) is 24.4 Å². The lowest BCUT2D eigenvalue weighted by Crippen LogP contribution is -2.38. The number of aromatic nitrogens is 2. The molecule has 1 fully saturated rings. The molecule has 0 radical (unpaired) electrons. The van der Waals surface area contributed by atoms with Gasteiger partial charge in [-0.05, 0) is 56.4 Å². The third-order valence-corrected chi connectivity index (χ3v) is 7.43. The molecule has 1 aromatic carbocycles.